The number of hydrogen-bond donors (Lipinski definition) is 0. The molecule has 0 saturated heterocycles. The molecule has 0 spiro atoms. The highest BCUT2D eigenvalue weighted by molar-refractivity contribution is 5.80. The summed E-state index contributed by atoms with van der Waals surface area (Å²) >= 11 is 0. The third-order valence-corrected chi connectivity index (χ3v) is 3.30. The predicted octanol–water partition coefficient (Wildman–Crippen LogP) is 4.94. The summed E-state index contributed by atoms with van der Waals surface area (Å²) in [5.74, 6) is 0.384. The van der Waals surface area contributed by atoms with Crippen LogP contribution >= 0.6 is 0 Å². The Bertz CT molecular complexity index is 316. The van der Waals surface area contributed by atoms with Crippen LogP contribution < -0.4 is 0 Å². The van der Waals surface area contributed by atoms with Gasteiger partial charge >= 0.3 is 0 Å². The number of benzene rings is 1. The molecule has 0 aliphatic rings. The highest BCUT2D eigenvalue weighted by atomic mass is 16.1. The van der Waals surface area contributed by atoms with Gasteiger partial charge in [0.25, 0.3) is 0 Å². The van der Waals surface area contributed by atoms with Crippen LogP contribution in [0.1, 0.15) is 63.9 Å². The first-order valence-electron chi connectivity index (χ1n) is 7.38. The molecule has 0 atom stereocenters. The molecule has 0 heterocycles. The van der Waals surface area contributed by atoms with Crippen molar-refractivity contribution in [1.29, 1.82) is 0 Å². The number of ketones is 1. The van der Waals surface area contributed by atoms with Gasteiger partial charge in [-0.3, -0.25) is 4.79 Å². The average molecular weight is 246 g/mol. The second kappa shape index (κ2) is 9.87. The van der Waals surface area contributed by atoms with Gasteiger partial charge < -0.3 is 0 Å². The van der Waals surface area contributed by atoms with Crippen molar-refractivity contribution in [3.05, 3.63) is 35.9 Å². The number of hydrogen-bond acceptors (Lipinski definition) is 1. The third-order valence-electron chi connectivity index (χ3n) is 3.30. The van der Waals surface area contributed by atoms with Crippen LogP contribution in [-0.4, -0.2) is 5.78 Å². The SMILES string of the molecule is CCCCCCCCCC(=O)Cc1ccccc1. The van der Waals surface area contributed by atoms with Crippen molar-refractivity contribution in [2.24, 2.45) is 0 Å². The maximum Gasteiger partial charge on any atom is 0.137 e. The molecule has 1 nitrogen and oxygen atoms in total. The summed E-state index contributed by atoms with van der Waals surface area (Å²) in [6.07, 6.45) is 10.3. The van der Waals surface area contributed by atoms with Crippen molar-refractivity contribution in [2.75, 3.05) is 0 Å². The Balaban J connectivity index is 2.00. The Labute approximate surface area is 112 Å². The van der Waals surface area contributed by atoms with E-state index in [1.165, 1.54) is 38.5 Å². The molecule has 1 aromatic rings. The second-order valence-corrected chi connectivity index (χ2v) is 5.07. The van der Waals surface area contributed by atoms with E-state index in [2.05, 4.69) is 6.92 Å². The van der Waals surface area contributed by atoms with Gasteiger partial charge in [-0.2, -0.15) is 0 Å². The van der Waals surface area contributed by atoms with E-state index in [1.807, 2.05) is 30.3 Å². The topological polar surface area (TPSA) is 17.1 Å². The molecule has 0 saturated carbocycles. The lowest BCUT2D eigenvalue weighted by Gasteiger charge is -2.02. The van der Waals surface area contributed by atoms with Crippen LogP contribution in [0.3, 0.4) is 0 Å². The van der Waals surface area contributed by atoms with Crippen LogP contribution in [-0.2, 0) is 11.2 Å². The maximum absolute atomic E-state index is 11.7. The van der Waals surface area contributed by atoms with Crippen LogP contribution in [0.15, 0.2) is 30.3 Å². The number of carbonyl (C=O) groups is 1. The van der Waals surface area contributed by atoms with E-state index in [-0.39, 0.29) is 0 Å². The lowest BCUT2D eigenvalue weighted by molar-refractivity contribution is -0.118. The fourth-order valence-corrected chi connectivity index (χ4v) is 2.19. The normalized spacial score (nSPS) is 10.5. The molecule has 0 N–H and O–H groups in total. The van der Waals surface area contributed by atoms with Crippen molar-refractivity contribution in [3.63, 3.8) is 0 Å². The fourth-order valence-electron chi connectivity index (χ4n) is 2.19. The largest absolute Gasteiger partial charge is 0.299 e. The molecule has 1 aromatic carbocycles. The van der Waals surface area contributed by atoms with Gasteiger partial charge in [0.2, 0.25) is 0 Å². The van der Waals surface area contributed by atoms with E-state index < -0.39 is 0 Å². The van der Waals surface area contributed by atoms with Gasteiger partial charge in [0, 0.05) is 12.8 Å². The first-order valence-corrected chi connectivity index (χ1v) is 7.38. The molecule has 0 fully saturated rings. The minimum Gasteiger partial charge on any atom is -0.299 e. The van der Waals surface area contributed by atoms with Gasteiger partial charge in [-0.15, -0.1) is 0 Å². The van der Waals surface area contributed by atoms with Crippen LogP contribution in [0.25, 0.3) is 0 Å². The van der Waals surface area contributed by atoms with Gasteiger partial charge in [-0.1, -0.05) is 75.8 Å². The highest BCUT2D eigenvalue weighted by Crippen LogP contribution is 2.10. The Hall–Kier alpha value is -1.11. The minimum atomic E-state index is 0.384. The number of Topliss-reactive ketones (excluding diaryl/α,β-unsaturated/α-hetero) is 1. The van der Waals surface area contributed by atoms with E-state index in [4.69, 9.17) is 0 Å². The second-order valence-electron chi connectivity index (χ2n) is 5.07. The number of rotatable bonds is 10. The summed E-state index contributed by atoms with van der Waals surface area (Å²) in [6.45, 7) is 2.24. The smallest absolute Gasteiger partial charge is 0.137 e. The molecular formula is C17H26O. The molecule has 0 aromatic heterocycles. The molecule has 0 aliphatic carbocycles. The Morgan fingerprint density at radius 1 is 0.889 bits per heavy atom. The zero-order valence-corrected chi connectivity index (χ0v) is 11.7. The summed E-state index contributed by atoms with van der Waals surface area (Å²) < 4.78 is 0. The Morgan fingerprint density at radius 2 is 1.50 bits per heavy atom. The first kappa shape index (κ1) is 14.9. The summed E-state index contributed by atoms with van der Waals surface area (Å²) in [5.41, 5.74) is 1.14. The quantitative estimate of drug-likeness (QED) is 0.534. The summed E-state index contributed by atoms with van der Waals surface area (Å²) in [4.78, 5) is 11.7. The standard InChI is InChI=1S/C17H26O/c1-2-3-4-5-6-7-11-14-17(18)15-16-12-9-8-10-13-16/h8-10,12-13H,2-7,11,14-15H2,1H3. The van der Waals surface area contributed by atoms with Gasteiger partial charge in [0.05, 0.1) is 0 Å². The van der Waals surface area contributed by atoms with E-state index in [9.17, 15) is 4.79 Å². The van der Waals surface area contributed by atoms with Crippen molar-refractivity contribution >= 4 is 5.78 Å². The Kier molecular flexibility index (Phi) is 8.20. The minimum absolute atomic E-state index is 0.384. The summed E-state index contributed by atoms with van der Waals surface area (Å²) in [5, 5.41) is 0. The Morgan fingerprint density at radius 3 is 2.17 bits per heavy atom. The predicted molar refractivity (Wildman–Crippen MR) is 77.8 cm³/mol. The van der Waals surface area contributed by atoms with E-state index in [1.54, 1.807) is 0 Å². The monoisotopic (exact) mass is 246 g/mol. The third kappa shape index (κ3) is 7.26. The zero-order chi connectivity index (χ0) is 13.1. The molecule has 0 aliphatic heterocycles. The van der Waals surface area contributed by atoms with Crippen LogP contribution in [0, 0.1) is 0 Å². The molecule has 1 rings (SSSR count). The van der Waals surface area contributed by atoms with Crippen molar-refractivity contribution < 1.29 is 4.79 Å². The lowest BCUT2D eigenvalue weighted by atomic mass is 10.0. The van der Waals surface area contributed by atoms with E-state index >= 15 is 0 Å². The zero-order valence-electron chi connectivity index (χ0n) is 11.7. The molecule has 0 amide bonds. The van der Waals surface area contributed by atoms with Crippen LogP contribution in [0.4, 0.5) is 0 Å². The lowest BCUT2D eigenvalue weighted by Crippen LogP contribution is -2.02. The molecule has 18 heavy (non-hydrogen) atoms. The van der Waals surface area contributed by atoms with Crippen molar-refractivity contribution in [3.8, 4) is 0 Å². The molecular weight excluding hydrogens is 220 g/mol. The van der Waals surface area contributed by atoms with Gasteiger partial charge in [0.1, 0.15) is 5.78 Å². The van der Waals surface area contributed by atoms with Crippen molar-refractivity contribution in [1.82, 2.24) is 0 Å². The fraction of sp³-hybridized carbons (Fsp3) is 0.588. The summed E-state index contributed by atoms with van der Waals surface area (Å²) in [7, 11) is 0. The summed E-state index contributed by atoms with van der Waals surface area (Å²) in [6, 6.07) is 10.0. The first-order chi connectivity index (χ1) is 8.83. The van der Waals surface area contributed by atoms with Crippen LogP contribution in [0.2, 0.25) is 0 Å². The molecule has 1 heteroatoms. The maximum atomic E-state index is 11.7. The number of carbonyl (C=O) groups excluding carboxylic acids is 1. The van der Waals surface area contributed by atoms with Gasteiger partial charge in [0.15, 0.2) is 0 Å². The molecule has 100 valence electrons. The van der Waals surface area contributed by atoms with Gasteiger partial charge in [-0.25, -0.2) is 0 Å². The van der Waals surface area contributed by atoms with E-state index in [0.29, 0.717) is 12.2 Å². The van der Waals surface area contributed by atoms with Crippen molar-refractivity contribution in [2.45, 2.75) is 64.7 Å². The molecule has 0 bridgehead atoms. The highest BCUT2D eigenvalue weighted by Gasteiger charge is 2.02. The van der Waals surface area contributed by atoms with Crippen LogP contribution in [0.5, 0.6) is 0 Å². The van der Waals surface area contributed by atoms with E-state index in [0.717, 1.165) is 18.4 Å². The number of unbranched alkanes of at least 4 members (excludes halogenated alkanes) is 6. The van der Waals surface area contributed by atoms with Gasteiger partial charge in [-0.05, 0) is 12.0 Å². The molecule has 0 unspecified atom stereocenters. The average Bonchev–Trinajstić information content (AvgIpc) is 2.39. The molecule has 0 radical (unpaired) electrons.